The van der Waals surface area contributed by atoms with Crippen LogP contribution in [0.5, 0.6) is 0 Å². The van der Waals surface area contributed by atoms with E-state index < -0.39 is 0 Å². The molecule has 0 spiro atoms. The van der Waals surface area contributed by atoms with E-state index in [2.05, 4.69) is 22.0 Å². The first-order valence-corrected chi connectivity index (χ1v) is 5.49. The molecule has 0 unspecified atom stereocenters. The second-order valence-electron chi connectivity index (χ2n) is 2.74. The molecule has 0 radical (unpaired) electrons. The Kier molecular flexibility index (Phi) is 4.27. The quantitative estimate of drug-likeness (QED) is 0.658. The summed E-state index contributed by atoms with van der Waals surface area (Å²) in [5, 5.41) is 10.2. The molecule has 0 amide bonds. The van der Waals surface area contributed by atoms with Gasteiger partial charge in [0, 0.05) is 5.33 Å². The molecule has 0 aromatic rings. The first kappa shape index (κ1) is 10.6. The second-order valence-corrected chi connectivity index (χ2v) is 3.71. The summed E-state index contributed by atoms with van der Waals surface area (Å²) < 4.78 is 0. The van der Waals surface area contributed by atoms with Crippen molar-refractivity contribution in [1.82, 2.24) is 0 Å². The fourth-order valence-corrected chi connectivity index (χ4v) is 1.74. The van der Waals surface area contributed by atoms with Crippen molar-refractivity contribution in [2.75, 3.05) is 5.33 Å². The van der Waals surface area contributed by atoms with E-state index in [9.17, 15) is 0 Å². The summed E-state index contributed by atoms with van der Waals surface area (Å²) in [6.07, 6.45) is 7.52. The molecular weight excluding hydrogens is 249 g/mol. The van der Waals surface area contributed by atoms with Crippen molar-refractivity contribution in [2.45, 2.75) is 12.8 Å². The highest BCUT2D eigenvalue weighted by Crippen LogP contribution is 2.21. The molecule has 1 aliphatic carbocycles. The molecule has 0 fully saturated rings. The Morgan fingerprint density at radius 2 is 2.31 bits per heavy atom. The van der Waals surface area contributed by atoms with Crippen LogP contribution in [0.4, 0.5) is 0 Å². The van der Waals surface area contributed by atoms with Gasteiger partial charge in [0.25, 0.3) is 0 Å². The summed E-state index contributed by atoms with van der Waals surface area (Å²) in [6, 6.07) is 2.07. The molecular formula is C10H9BrClN. The van der Waals surface area contributed by atoms with Gasteiger partial charge in [0.05, 0.1) is 10.6 Å². The molecule has 1 aliphatic rings. The van der Waals surface area contributed by atoms with Gasteiger partial charge in [-0.05, 0) is 18.9 Å². The predicted octanol–water partition coefficient (Wildman–Crippen LogP) is 3.67. The van der Waals surface area contributed by atoms with Crippen molar-refractivity contribution in [2.24, 2.45) is 0 Å². The van der Waals surface area contributed by atoms with E-state index >= 15 is 0 Å². The standard InChI is InChI=1S/C10H9BrClN/c11-6-8-2-1-3-10(12)9(7-13)5-4-8/h3-5H,1-2,6H2/b8-4+,9-5?,10-3?. The van der Waals surface area contributed by atoms with Gasteiger partial charge >= 0.3 is 0 Å². The van der Waals surface area contributed by atoms with Gasteiger partial charge in [-0.2, -0.15) is 5.26 Å². The van der Waals surface area contributed by atoms with Crippen LogP contribution in [0.3, 0.4) is 0 Å². The number of hydrogen-bond acceptors (Lipinski definition) is 1. The minimum atomic E-state index is 0.541. The van der Waals surface area contributed by atoms with E-state index in [1.165, 1.54) is 5.57 Å². The van der Waals surface area contributed by atoms with Crippen molar-refractivity contribution in [3.8, 4) is 6.07 Å². The van der Waals surface area contributed by atoms with E-state index in [4.69, 9.17) is 16.9 Å². The molecule has 0 heterocycles. The van der Waals surface area contributed by atoms with Crippen molar-refractivity contribution < 1.29 is 0 Å². The number of nitrogens with zero attached hydrogens (tertiary/aromatic N) is 1. The number of nitriles is 1. The van der Waals surface area contributed by atoms with Gasteiger partial charge in [-0.3, -0.25) is 0 Å². The largest absolute Gasteiger partial charge is 0.192 e. The summed E-state index contributed by atoms with van der Waals surface area (Å²) in [4.78, 5) is 0. The fourth-order valence-electron chi connectivity index (χ4n) is 1.06. The molecule has 0 saturated carbocycles. The van der Waals surface area contributed by atoms with E-state index in [0.29, 0.717) is 10.6 Å². The third-order valence-corrected chi connectivity index (χ3v) is 2.90. The zero-order valence-electron chi connectivity index (χ0n) is 7.06. The lowest BCUT2D eigenvalue weighted by atomic mass is 10.1. The molecule has 1 nitrogen and oxygen atoms in total. The minimum absolute atomic E-state index is 0.541. The van der Waals surface area contributed by atoms with Crippen molar-refractivity contribution in [1.29, 1.82) is 5.26 Å². The van der Waals surface area contributed by atoms with E-state index in [1.807, 2.05) is 12.2 Å². The van der Waals surface area contributed by atoms with Crippen molar-refractivity contribution >= 4 is 27.5 Å². The third-order valence-electron chi connectivity index (χ3n) is 1.82. The molecule has 68 valence electrons. The second kappa shape index (κ2) is 5.26. The highest BCUT2D eigenvalue weighted by molar-refractivity contribution is 9.09. The molecule has 0 aromatic heterocycles. The van der Waals surface area contributed by atoms with Gasteiger partial charge in [-0.1, -0.05) is 45.3 Å². The van der Waals surface area contributed by atoms with Gasteiger partial charge in [0.2, 0.25) is 0 Å². The Morgan fingerprint density at radius 1 is 1.54 bits per heavy atom. The van der Waals surface area contributed by atoms with Crippen LogP contribution in [-0.4, -0.2) is 5.33 Å². The lowest BCUT2D eigenvalue weighted by Gasteiger charge is -2.04. The van der Waals surface area contributed by atoms with Crippen LogP contribution < -0.4 is 0 Å². The van der Waals surface area contributed by atoms with Gasteiger partial charge < -0.3 is 0 Å². The number of allylic oxidation sites excluding steroid dienone is 6. The zero-order valence-corrected chi connectivity index (χ0v) is 9.40. The van der Waals surface area contributed by atoms with E-state index in [-0.39, 0.29) is 0 Å². The summed E-state index contributed by atoms with van der Waals surface area (Å²) in [5.74, 6) is 0. The van der Waals surface area contributed by atoms with Gasteiger partial charge in [0.15, 0.2) is 0 Å². The maximum atomic E-state index is 8.75. The number of alkyl halides is 1. The first-order chi connectivity index (χ1) is 6.27. The van der Waals surface area contributed by atoms with Crippen LogP contribution in [0.1, 0.15) is 12.8 Å². The monoisotopic (exact) mass is 257 g/mol. The fraction of sp³-hybridized carbons (Fsp3) is 0.300. The molecule has 0 bridgehead atoms. The molecule has 0 aliphatic heterocycles. The molecule has 3 heteroatoms. The number of halogens is 2. The highest BCUT2D eigenvalue weighted by Gasteiger charge is 2.03. The van der Waals surface area contributed by atoms with Crippen molar-refractivity contribution in [3.05, 3.63) is 34.4 Å². The topological polar surface area (TPSA) is 23.8 Å². The minimum Gasteiger partial charge on any atom is -0.192 e. The Balaban J connectivity index is 2.95. The molecule has 0 N–H and O–H groups in total. The predicted molar refractivity (Wildman–Crippen MR) is 58.7 cm³/mol. The van der Waals surface area contributed by atoms with Crippen LogP contribution in [0.2, 0.25) is 0 Å². The van der Waals surface area contributed by atoms with Crippen LogP contribution in [0.25, 0.3) is 0 Å². The molecule has 13 heavy (non-hydrogen) atoms. The normalized spacial score (nSPS) is 21.5. The molecule has 0 saturated heterocycles. The molecule has 0 aromatic carbocycles. The smallest absolute Gasteiger partial charge is 0.101 e. The Labute approximate surface area is 91.5 Å². The Morgan fingerprint density at radius 3 is 2.92 bits per heavy atom. The van der Waals surface area contributed by atoms with E-state index in [0.717, 1.165) is 18.2 Å². The van der Waals surface area contributed by atoms with E-state index in [1.54, 1.807) is 6.08 Å². The zero-order chi connectivity index (χ0) is 9.68. The molecule has 0 atom stereocenters. The summed E-state index contributed by atoms with van der Waals surface area (Å²) in [6.45, 7) is 0. The third kappa shape index (κ3) is 3.02. The Bertz CT molecular complexity index is 320. The molecule has 1 rings (SSSR count). The Hall–Kier alpha value is -0.520. The first-order valence-electron chi connectivity index (χ1n) is 3.99. The maximum absolute atomic E-state index is 8.75. The lowest BCUT2D eigenvalue weighted by molar-refractivity contribution is 0.979. The van der Waals surface area contributed by atoms with Gasteiger partial charge in [-0.15, -0.1) is 0 Å². The number of rotatable bonds is 1. The average molecular weight is 259 g/mol. The van der Waals surface area contributed by atoms with Crippen LogP contribution in [0, 0.1) is 11.3 Å². The average Bonchev–Trinajstić information content (AvgIpc) is 2.12. The number of hydrogen-bond donors (Lipinski definition) is 0. The summed E-state index contributed by atoms with van der Waals surface area (Å²) >= 11 is 9.27. The van der Waals surface area contributed by atoms with Crippen LogP contribution >= 0.6 is 27.5 Å². The van der Waals surface area contributed by atoms with Crippen molar-refractivity contribution in [3.63, 3.8) is 0 Å². The summed E-state index contributed by atoms with van der Waals surface area (Å²) in [7, 11) is 0. The van der Waals surface area contributed by atoms with Crippen LogP contribution in [0.15, 0.2) is 34.4 Å². The maximum Gasteiger partial charge on any atom is 0.101 e. The summed E-state index contributed by atoms with van der Waals surface area (Å²) in [5.41, 5.74) is 1.83. The highest BCUT2D eigenvalue weighted by atomic mass is 79.9. The van der Waals surface area contributed by atoms with Gasteiger partial charge in [0.1, 0.15) is 6.07 Å². The van der Waals surface area contributed by atoms with Crippen LogP contribution in [-0.2, 0) is 0 Å². The lowest BCUT2D eigenvalue weighted by Crippen LogP contribution is -1.89. The SMILES string of the molecule is N#CC1=C/C=C(/CBr)CCC=C1Cl. The van der Waals surface area contributed by atoms with Gasteiger partial charge in [-0.25, -0.2) is 0 Å².